The Hall–Kier alpha value is 0.100. The zero-order valence-electron chi connectivity index (χ0n) is 13.7. The van der Waals surface area contributed by atoms with Crippen molar-refractivity contribution in [2.75, 3.05) is 0 Å². The number of carbonyl (C=O) groups is 4. The number of nitrogens with one attached hydrogen (secondary N) is 1. The average Bonchev–Trinajstić information content (AvgIpc) is 2.42. The summed E-state index contributed by atoms with van der Waals surface area (Å²) >= 11 is 0. The Bertz CT molecular complexity index is 595. The van der Waals surface area contributed by atoms with E-state index in [1.165, 1.54) is 18.2 Å². The Morgan fingerprint density at radius 1 is 0.917 bits per heavy atom. The van der Waals surface area contributed by atoms with Crippen molar-refractivity contribution in [1.29, 1.82) is 0 Å². The van der Waals surface area contributed by atoms with Gasteiger partial charge in [-0.05, 0) is 18.9 Å². The van der Waals surface area contributed by atoms with E-state index in [1.807, 2.05) is 5.32 Å². The Morgan fingerprint density at radius 2 is 1.42 bits per heavy atom. The van der Waals surface area contributed by atoms with Crippen molar-refractivity contribution in [3.63, 3.8) is 0 Å². The third-order valence-electron chi connectivity index (χ3n) is 2.62. The van der Waals surface area contributed by atoms with Crippen LogP contribution in [0, 0.1) is 0 Å². The fourth-order valence-corrected chi connectivity index (χ4v) is 1.61. The van der Waals surface area contributed by atoms with Gasteiger partial charge >= 0.3 is 88.7 Å². The number of carboxylic acids is 3. The van der Waals surface area contributed by atoms with Gasteiger partial charge in [0.05, 0.1) is 18.0 Å². The molecule has 0 heterocycles. The first-order valence-electron chi connectivity index (χ1n) is 5.85. The molecule has 8 nitrogen and oxygen atoms in total. The van der Waals surface area contributed by atoms with Crippen LogP contribution in [0.25, 0.3) is 0 Å². The Kier molecular flexibility index (Phi) is 17.2. The number of hydrogen-bond donors (Lipinski definition) is 1. The standard InChI is InChI=1S/C13H13NO7.3Na/c15-10(16)6-5-9(13(20)21)14-11(17)7-3-1-2-4-8(7)12(18)19;;;/h1-4,9H,5-6H2,(H,14,17)(H,15,16)(H,18,19)(H,20,21);;;/q;3*+1/p-3/t9-;;;/m1.../s1. The molecular formula is C13H10NNa3O7. The van der Waals surface area contributed by atoms with Crippen LogP contribution >= 0.6 is 0 Å². The molecule has 0 fully saturated rings. The van der Waals surface area contributed by atoms with Crippen LogP contribution in [0.1, 0.15) is 33.6 Å². The molecule has 0 saturated heterocycles. The van der Waals surface area contributed by atoms with E-state index in [-0.39, 0.29) is 94.2 Å². The Morgan fingerprint density at radius 3 is 1.83 bits per heavy atom. The molecule has 11 heteroatoms. The van der Waals surface area contributed by atoms with Crippen LogP contribution in [0.2, 0.25) is 0 Å². The van der Waals surface area contributed by atoms with Crippen LogP contribution in [0.15, 0.2) is 24.3 Å². The summed E-state index contributed by atoms with van der Waals surface area (Å²) in [6, 6.07) is 3.47. The van der Waals surface area contributed by atoms with Crippen LogP contribution in [0.4, 0.5) is 0 Å². The zero-order valence-corrected chi connectivity index (χ0v) is 19.7. The monoisotopic (exact) mass is 361 g/mol. The molecule has 1 atom stereocenters. The molecule has 0 saturated carbocycles. The number of carbonyl (C=O) groups excluding carboxylic acids is 4. The van der Waals surface area contributed by atoms with E-state index in [1.54, 1.807) is 0 Å². The van der Waals surface area contributed by atoms with E-state index in [0.29, 0.717) is 0 Å². The predicted octanol–water partition coefficient (Wildman–Crippen LogP) is -12.6. The fourth-order valence-electron chi connectivity index (χ4n) is 1.61. The van der Waals surface area contributed by atoms with Gasteiger partial charge in [-0.3, -0.25) is 4.79 Å². The van der Waals surface area contributed by atoms with Crippen molar-refractivity contribution in [3.05, 3.63) is 35.4 Å². The molecule has 1 aromatic rings. The van der Waals surface area contributed by atoms with Crippen molar-refractivity contribution in [1.82, 2.24) is 5.32 Å². The molecule has 0 aliphatic carbocycles. The minimum Gasteiger partial charge on any atom is -0.550 e. The van der Waals surface area contributed by atoms with Gasteiger partial charge in [0.15, 0.2) is 0 Å². The third-order valence-corrected chi connectivity index (χ3v) is 2.62. The van der Waals surface area contributed by atoms with Gasteiger partial charge < -0.3 is 35.0 Å². The topological polar surface area (TPSA) is 149 Å². The maximum atomic E-state index is 11.9. The van der Waals surface area contributed by atoms with Gasteiger partial charge in [-0.25, -0.2) is 0 Å². The van der Waals surface area contributed by atoms with Gasteiger partial charge in [0.25, 0.3) is 5.91 Å². The van der Waals surface area contributed by atoms with Crippen molar-refractivity contribution in [3.8, 4) is 0 Å². The van der Waals surface area contributed by atoms with Crippen molar-refractivity contribution >= 4 is 23.8 Å². The van der Waals surface area contributed by atoms with Crippen LogP contribution < -0.4 is 109 Å². The maximum Gasteiger partial charge on any atom is 1.00 e. The summed E-state index contributed by atoms with van der Waals surface area (Å²) in [4.78, 5) is 43.9. The van der Waals surface area contributed by atoms with E-state index in [0.717, 1.165) is 6.07 Å². The third kappa shape index (κ3) is 9.55. The second kappa shape index (κ2) is 14.3. The molecule has 0 bridgehead atoms. The second-order valence-corrected chi connectivity index (χ2v) is 4.09. The summed E-state index contributed by atoms with van der Waals surface area (Å²) in [5.41, 5.74) is -0.704. The first-order chi connectivity index (χ1) is 9.82. The van der Waals surface area contributed by atoms with E-state index in [9.17, 15) is 34.5 Å². The largest absolute Gasteiger partial charge is 1.00 e. The molecule has 0 aromatic heterocycles. The molecule has 1 rings (SSSR count). The summed E-state index contributed by atoms with van der Waals surface area (Å²) in [6.07, 6.45) is -1.04. The summed E-state index contributed by atoms with van der Waals surface area (Å²) in [7, 11) is 0. The van der Waals surface area contributed by atoms with E-state index >= 15 is 0 Å². The number of benzene rings is 1. The molecule has 112 valence electrons. The number of aromatic carboxylic acids is 1. The summed E-state index contributed by atoms with van der Waals surface area (Å²) in [5, 5.41) is 34.0. The minimum absolute atomic E-state index is 0. The molecular weight excluding hydrogens is 351 g/mol. The SMILES string of the molecule is O=C([O-])CC[C@@H](NC(=O)c1ccccc1C(=O)[O-])C(=O)[O-].[Na+].[Na+].[Na+]. The van der Waals surface area contributed by atoms with Crippen LogP contribution in [-0.4, -0.2) is 29.9 Å². The van der Waals surface area contributed by atoms with E-state index in [2.05, 4.69) is 0 Å². The van der Waals surface area contributed by atoms with Gasteiger partial charge in [0.2, 0.25) is 0 Å². The molecule has 0 aliphatic rings. The van der Waals surface area contributed by atoms with Crippen molar-refractivity contribution in [2.24, 2.45) is 0 Å². The van der Waals surface area contributed by atoms with Gasteiger partial charge in [-0.15, -0.1) is 0 Å². The molecule has 1 amide bonds. The summed E-state index contributed by atoms with van der Waals surface area (Å²) in [6.45, 7) is 0. The fraction of sp³-hybridized carbons (Fsp3) is 0.231. The minimum atomic E-state index is -1.68. The summed E-state index contributed by atoms with van der Waals surface area (Å²) in [5.74, 6) is -5.75. The Labute approximate surface area is 204 Å². The number of carboxylic acid groups (broad SMARTS) is 3. The average molecular weight is 361 g/mol. The van der Waals surface area contributed by atoms with Crippen molar-refractivity contribution < 1.29 is 123 Å². The molecule has 0 aliphatic heterocycles. The Balaban J connectivity index is -0.00000147. The van der Waals surface area contributed by atoms with Crippen LogP contribution in [0.5, 0.6) is 0 Å². The number of rotatable bonds is 7. The van der Waals surface area contributed by atoms with Crippen LogP contribution in [-0.2, 0) is 9.59 Å². The normalized spacial score (nSPS) is 10.0. The van der Waals surface area contributed by atoms with E-state index in [4.69, 9.17) is 0 Å². The van der Waals surface area contributed by atoms with E-state index < -0.39 is 48.3 Å². The van der Waals surface area contributed by atoms with Crippen LogP contribution in [0.3, 0.4) is 0 Å². The zero-order chi connectivity index (χ0) is 16.0. The quantitative estimate of drug-likeness (QED) is 0.474. The summed E-state index contributed by atoms with van der Waals surface area (Å²) < 4.78 is 0. The molecule has 0 spiro atoms. The first-order valence-corrected chi connectivity index (χ1v) is 5.85. The number of hydrogen-bond acceptors (Lipinski definition) is 7. The second-order valence-electron chi connectivity index (χ2n) is 4.09. The molecule has 0 radical (unpaired) electrons. The van der Waals surface area contributed by atoms with Gasteiger partial charge in [-0.1, -0.05) is 18.2 Å². The number of amides is 1. The van der Waals surface area contributed by atoms with Gasteiger partial charge in [-0.2, -0.15) is 0 Å². The first kappa shape index (κ1) is 28.9. The van der Waals surface area contributed by atoms with Gasteiger partial charge in [0.1, 0.15) is 0 Å². The predicted molar refractivity (Wildman–Crippen MR) is 61.3 cm³/mol. The maximum absolute atomic E-state index is 11.9. The molecule has 0 unspecified atom stereocenters. The van der Waals surface area contributed by atoms with Crippen molar-refractivity contribution in [2.45, 2.75) is 18.9 Å². The smallest absolute Gasteiger partial charge is 0.550 e. The molecule has 24 heavy (non-hydrogen) atoms. The van der Waals surface area contributed by atoms with Gasteiger partial charge in [0, 0.05) is 17.1 Å². The molecule has 1 aromatic carbocycles. The number of aliphatic carboxylic acids is 2. The molecule has 1 N–H and O–H groups in total.